The Bertz CT molecular complexity index is 926. The van der Waals surface area contributed by atoms with Gasteiger partial charge in [0.15, 0.2) is 0 Å². The summed E-state index contributed by atoms with van der Waals surface area (Å²) in [7, 11) is 1.65. The highest BCUT2D eigenvalue weighted by Gasteiger charge is 2.20. The average molecular weight is 459 g/mol. The van der Waals surface area contributed by atoms with Gasteiger partial charge in [0.2, 0.25) is 0 Å². The first-order chi connectivity index (χ1) is 16.0. The minimum atomic E-state index is -0.727. The maximum atomic E-state index is 12.5. The molecule has 8 heteroatoms. The molecule has 0 saturated carbocycles. The molecule has 33 heavy (non-hydrogen) atoms. The third kappa shape index (κ3) is 7.60. The van der Waals surface area contributed by atoms with Gasteiger partial charge in [0.25, 0.3) is 5.09 Å². The second kappa shape index (κ2) is 12.4. The highest BCUT2D eigenvalue weighted by Crippen LogP contribution is 2.26. The van der Waals surface area contributed by atoms with E-state index in [-0.39, 0.29) is 18.5 Å². The number of benzene rings is 2. The number of likely N-dealkylation sites (tertiary alicyclic amines) is 1. The largest absolute Gasteiger partial charge is 0.497 e. The Morgan fingerprint density at radius 3 is 2.58 bits per heavy atom. The van der Waals surface area contributed by atoms with Crippen LogP contribution >= 0.6 is 0 Å². The van der Waals surface area contributed by atoms with Gasteiger partial charge in [-0.25, -0.2) is 0 Å². The van der Waals surface area contributed by atoms with Crippen LogP contribution in [0.1, 0.15) is 50.5 Å². The van der Waals surface area contributed by atoms with Crippen molar-refractivity contribution in [3.63, 3.8) is 0 Å². The molecule has 1 fully saturated rings. The van der Waals surface area contributed by atoms with Gasteiger partial charge in [-0.05, 0) is 86.5 Å². The highest BCUT2D eigenvalue weighted by molar-refractivity contribution is 5.86. The van der Waals surface area contributed by atoms with Gasteiger partial charge < -0.3 is 19.2 Å². The Morgan fingerprint density at radius 2 is 1.85 bits per heavy atom. The third-order valence-electron chi connectivity index (χ3n) is 6.45. The molecule has 1 atom stereocenters. The summed E-state index contributed by atoms with van der Waals surface area (Å²) in [5.74, 6) is 0.914. The van der Waals surface area contributed by atoms with E-state index in [1.165, 1.54) is 0 Å². The summed E-state index contributed by atoms with van der Waals surface area (Å²) in [6.45, 7) is 5.45. The van der Waals surface area contributed by atoms with Crippen LogP contribution in [-0.4, -0.2) is 55.9 Å². The molecule has 0 bridgehead atoms. The van der Waals surface area contributed by atoms with Crippen molar-refractivity contribution in [2.24, 2.45) is 5.92 Å². The van der Waals surface area contributed by atoms with E-state index >= 15 is 0 Å². The molecule has 1 saturated heterocycles. The molecule has 0 spiro atoms. The van der Waals surface area contributed by atoms with Gasteiger partial charge in [0.1, 0.15) is 5.75 Å². The van der Waals surface area contributed by atoms with Gasteiger partial charge in [0, 0.05) is 6.54 Å². The monoisotopic (exact) mass is 458 g/mol. The first kappa shape index (κ1) is 24.8. The van der Waals surface area contributed by atoms with Gasteiger partial charge >= 0.3 is 5.97 Å². The van der Waals surface area contributed by atoms with Gasteiger partial charge in [0.05, 0.1) is 26.2 Å². The number of carbonyl (C=O) groups is 1. The zero-order valence-electron chi connectivity index (χ0n) is 19.5. The summed E-state index contributed by atoms with van der Waals surface area (Å²) >= 11 is 0. The second-order valence-corrected chi connectivity index (χ2v) is 8.70. The van der Waals surface area contributed by atoms with Crippen LogP contribution in [0.25, 0.3) is 10.8 Å². The number of piperidine rings is 1. The fourth-order valence-corrected chi connectivity index (χ4v) is 4.37. The number of ether oxygens (including phenoxy) is 2. The minimum absolute atomic E-state index is 0.185. The molecule has 180 valence electrons. The van der Waals surface area contributed by atoms with Crippen molar-refractivity contribution < 1.29 is 24.2 Å². The molecule has 2 aromatic carbocycles. The summed E-state index contributed by atoms with van der Waals surface area (Å²) in [5.41, 5.74) is 0.948. The highest BCUT2D eigenvalue weighted by atomic mass is 16.9. The molecule has 0 amide bonds. The lowest BCUT2D eigenvalue weighted by molar-refractivity contribution is -0.757. The molecule has 1 aliphatic heterocycles. The van der Waals surface area contributed by atoms with Crippen LogP contribution in [0.3, 0.4) is 0 Å². The zero-order chi connectivity index (χ0) is 23.6. The Kier molecular flexibility index (Phi) is 9.30. The van der Waals surface area contributed by atoms with E-state index in [9.17, 15) is 14.9 Å². The molecule has 1 aliphatic rings. The van der Waals surface area contributed by atoms with E-state index in [1.54, 1.807) is 7.11 Å². The number of carbonyl (C=O) groups excluding carboxylic acids is 1. The van der Waals surface area contributed by atoms with Gasteiger partial charge in [-0.3, -0.25) is 4.79 Å². The minimum Gasteiger partial charge on any atom is -0.497 e. The van der Waals surface area contributed by atoms with Crippen molar-refractivity contribution in [3.05, 3.63) is 52.1 Å². The summed E-state index contributed by atoms with van der Waals surface area (Å²) in [6.07, 6.45) is 4.72. The number of methoxy groups -OCH3 is 1. The fourth-order valence-electron chi connectivity index (χ4n) is 4.37. The molecule has 3 rings (SSSR count). The van der Waals surface area contributed by atoms with Gasteiger partial charge in [-0.15, -0.1) is 10.1 Å². The summed E-state index contributed by atoms with van der Waals surface area (Å²) < 4.78 is 10.8. The topological polar surface area (TPSA) is 91.1 Å². The number of hydrogen-bond donors (Lipinski definition) is 0. The predicted molar refractivity (Wildman–Crippen MR) is 126 cm³/mol. The van der Waals surface area contributed by atoms with Crippen LogP contribution in [0.2, 0.25) is 0 Å². The van der Waals surface area contributed by atoms with Crippen LogP contribution in [-0.2, 0) is 14.4 Å². The maximum Gasteiger partial charge on any atom is 0.313 e. The Morgan fingerprint density at radius 1 is 1.12 bits per heavy atom. The van der Waals surface area contributed by atoms with Gasteiger partial charge in [-0.2, -0.15) is 0 Å². The standard InChI is InChI=1S/C25H34N2O6/c1-19(21-6-7-23-18-24(31-2)9-8-22(23)17-21)25(28)32-15-4-12-26-13-10-20(11-14-26)5-3-16-33-27(29)30/h6-9,17-20H,3-5,10-16H2,1-2H3/t19-/m0/s1. The number of esters is 1. The lowest BCUT2D eigenvalue weighted by Crippen LogP contribution is -2.35. The smallest absolute Gasteiger partial charge is 0.313 e. The predicted octanol–water partition coefficient (Wildman–Crippen LogP) is 4.59. The van der Waals surface area contributed by atoms with Crippen LogP contribution in [0, 0.1) is 16.0 Å². The first-order valence-corrected chi connectivity index (χ1v) is 11.7. The Balaban J connectivity index is 1.33. The quantitative estimate of drug-likeness (QED) is 0.199. The SMILES string of the molecule is COc1ccc2cc([C@H](C)C(=O)OCCCN3CCC(CCCO[N+](=O)[O-])CC3)ccc2c1. The van der Waals surface area contributed by atoms with Crippen molar-refractivity contribution in [2.45, 2.75) is 44.9 Å². The number of hydrogen-bond acceptors (Lipinski definition) is 7. The van der Waals surface area contributed by atoms with Crippen LogP contribution in [0.15, 0.2) is 36.4 Å². The van der Waals surface area contributed by atoms with E-state index in [0.29, 0.717) is 12.5 Å². The first-order valence-electron chi connectivity index (χ1n) is 11.7. The molecule has 1 heterocycles. The lowest BCUT2D eigenvalue weighted by atomic mass is 9.92. The summed E-state index contributed by atoms with van der Waals surface area (Å²) in [4.78, 5) is 29.5. The van der Waals surface area contributed by atoms with Crippen LogP contribution in [0.4, 0.5) is 0 Å². The molecule has 0 aromatic heterocycles. The molecule has 2 aromatic rings. The van der Waals surface area contributed by atoms with Crippen molar-refractivity contribution in [3.8, 4) is 5.75 Å². The van der Waals surface area contributed by atoms with Crippen molar-refractivity contribution in [1.82, 2.24) is 4.90 Å². The van der Waals surface area contributed by atoms with E-state index in [0.717, 1.165) is 73.8 Å². The Labute approximate surface area is 194 Å². The summed E-state index contributed by atoms with van der Waals surface area (Å²) in [5, 5.41) is 11.6. The number of fused-ring (bicyclic) bond motifs is 1. The molecule has 0 aliphatic carbocycles. The zero-order valence-corrected chi connectivity index (χ0v) is 19.5. The molecular formula is C25H34N2O6. The molecule has 0 unspecified atom stereocenters. The molecule has 0 N–H and O–H groups in total. The Hall–Kier alpha value is -2.87. The summed E-state index contributed by atoms with van der Waals surface area (Å²) in [6, 6.07) is 11.9. The molecular weight excluding hydrogens is 424 g/mol. The van der Waals surface area contributed by atoms with Crippen LogP contribution < -0.4 is 4.74 Å². The van der Waals surface area contributed by atoms with Gasteiger partial charge in [-0.1, -0.05) is 24.3 Å². The fraction of sp³-hybridized carbons (Fsp3) is 0.560. The third-order valence-corrected chi connectivity index (χ3v) is 6.45. The van der Waals surface area contributed by atoms with Crippen LogP contribution in [0.5, 0.6) is 5.75 Å². The van der Waals surface area contributed by atoms with E-state index < -0.39 is 5.09 Å². The van der Waals surface area contributed by atoms with Crippen molar-refractivity contribution >= 4 is 16.7 Å². The normalized spacial score (nSPS) is 15.8. The maximum absolute atomic E-state index is 12.5. The van der Waals surface area contributed by atoms with Crippen molar-refractivity contribution in [2.75, 3.05) is 40.0 Å². The number of nitrogens with zero attached hydrogens (tertiary/aromatic N) is 2. The molecule has 0 radical (unpaired) electrons. The lowest BCUT2D eigenvalue weighted by Gasteiger charge is -2.31. The van der Waals surface area contributed by atoms with E-state index in [2.05, 4.69) is 9.74 Å². The number of rotatable bonds is 12. The van der Waals surface area contributed by atoms with E-state index in [4.69, 9.17) is 9.47 Å². The average Bonchev–Trinajstić information content (AvgIpc) is 2.83. The second-order valence-electron chi connectivity index (χ2n) is 8.70. The van der Waals surface area contributed by atoms with E-state index in [1.807, 2.05) is 43.3 Å². The van der Waals surface area contributed by atoms with Crippen molar-refractivity contribution in [1.29, 1.82) is 0 Å². The molecule has 8 nitrogen and oxygen atoms in total.